The van der Waals surface area contributed by atoms with Crippen molar-refractivity contribution in [1.29, 1.82) is 0 Å². The number of aromatic nitrogens is 3. The zero-order valence-electron chi connectivity index (χ0n) is 11.0. The quantitative estimate of drug-likeness (QED) is 0.874. The summed E-state index contributed by atoms with van der Waals surface area (Å²) in [5.74, 6) is 0.611. The van der Waals surface area contributed by atoms with Crippen LogP contribution in [0.25, 0.3) is 5.65 Å². The molecule has 0 radical (unpaired) electrons. The first-order valence-electron chi connectivity index (χ1n) is 6.53. The van der Waals surface area contributed by atoms with Crippen molar-refractivity contribution in [1.82, 2.24) is 19.9 Å². The standard InChI is InChI=1S/C13H15F3N4/c1-12(4-6-17-7-5-12)11-19-18-10-3-2-9(8-20(10)11)13(14,15)16/h2-3,8,17H,4-7H2,1H3. The van der Waals surface area contributed by atoms with Crippen molar-refractivity contribution in [2.24, 2.45) is 0 Å². The molecule has 1 saturated heterocycles. The SMILES string of the molecule is CC1(c2nnc3ccc(C(F)(F)F)cn23)CCNCC1. The van der Waals surface area contributed by atoms with E-state index in [1.807, 2.05) is 6.92 Å². The largest absolute Gasteiger partial charge is 0.417 e. The third kappa shape index (κ3) is 2.15. The van der Waals surface area contributed by atoms with Crippen LogP contribution in [0.15, 0.2) is 18.3 Å². The molecule has 1 aliphatic rings. The number of fused-ring (bicyclic) bond motifs is 1. The molecule has 4 nitrogen and oxygen atoms in total. The van der Waals surface area contributed by atoms with Crippen molar-refractivity contribution in [2.45, 2.75) is 31.4 Å². The second-order valence-corrected chi connectivity index (χ2v) is 5.48. The lowest BCUT2D eigenvalue weighted by Crippen LogP contribution is -2.39. The van der Waals surface area contributed by atoms with E-state index in [4.69, 9.17) is 0 Å². The molecule has 0 aromatic carbocycles. The van der Waals surface area contributed by atoms with E-state index in [0.717, 1.165) is 38.2 Å². The lowest BCUT2D eigenvalue weighted by molar-refractivity contribution is -0.137. The number of hydrogen-bond acceptors (Lipinski definition) is 3. The van der Waals surface area contributed by atoms with Gasteiger partial charge in [-0.15, -0.1) is 10.2 Å². The summed E-state index contributed by atoms with van der Waals surface area (Å²) in [6.45, 7) is 3.71. The Labute approximate surface area is 114 Å². The number of nitrogens with one attached hydrogen (secondary N) is 1. The highest BCUT2D eigenvalue weighted by atomic mass is 19.4. The fourth-order valence-corrected chi connectivity index (χ4v) is 2.67. The van der Waals surface area contributed by atoms with Crippen LogP contribution in [0, 0.1) is 0 Å². The van der Waals surface area contributed by atoms with Crippen molar-refractivity contribution in [3.63, 3.8) is 0 Å². The average Bonchev–Trinajstić information content (AvgIpc) is 2.82. The summed E-state index contributed by atoms with van der Waals surface area (Å²) in [4.78, 5) is 0. The molecule has 2 aromatic heterocycles. The molecule has 0 unspecified atom stereocenters. The Hall–Kier alpha value is -1.63. The second kappa shape index (κ2) is 4.44. The Bertz CT molecular complexity index is 626. The summed E-state index contributed by atoms with van der Waals surface area (Å²) in [6.07, 6.45) is -1.59. The Morgan fingerprint density at radius 3 is 2.55 bits per heavy atom. The van der Waals surface area contributed by atoms with Gasteiger partial charge in [0.25, 0.3) is 0 Å². The molecule has 3 rings (SSSR count). The van der Waals surface area contributed by atoms with Gasteiger partial charge in [0, 0.05) is 11.6 Å². The van der Waals surface area contributed by atoms with Crippen LogP contribution in [-0.2, 0) is 11.6 Å². The number of alkyl halides is 3. The smallest absolute Gasteiger partial charge is 0.317 e. The predicted octanol–water partition coefficient (Wildman–Crippen LogP) is 2.39. The first-order valence-corrected chi connectivity index (χ1v) is 6.53. The van der Waals surface area contributed by atoms with Gasteiger partial charge in [0.15, 0.2) is 5.65 Å². The number of pyridine rings is 1. The molecular formula is C13H15F3N4. The van der Waals surface area contributed by atoms with E-state index >= 15 is 0 Å². The van der Waals surface area contributed by atoms with Gasteiger partial charge in [-0.2, -0.15) is 13.2 Å². The van der Waals surface area contributed by atoms with Crippen molar-refractivity contribution in [2.75, 3.05) is 13.1 Å². The van der Waals surface area contributed by atoms with Crippen LogP contribution in [0.3, 0.4) is 0 Å². The van der Waals surface area contributed by atoms with Crippen molar-refractivity contribution >= 4 is 5.65 Å². The molecule has 3 heterocycles. The third-order valence-electron chi connectivity index (χ3n) is 3.98. The van der Waals surface area contributed by atoms with Crippen LogP contribution in [-0.4, -0.2) is 27.7 Å². The molecule has 1 fully saturated rings. The molecule has 7 heteroatoms. The molecule has 1 aliphatic heterocycles. The van der Waals surface area contributed by atoms with Crippen LogP contribution in [0.4, 0.5) is 13.2 Å². The minimum absolute atomic E-state index is 0.241. The molecule has 0 amide bonds. The molecule has 2 aromatic rings. The van der Waals surface area contributed by atoms with E-state index in [0.29, 0.717) is 11.5 Å². The molecular weight excluding hydrogens is 269 g/mol. The Morgan fingerprint density at radius 1 is 1.20 bits per heavy atom. The Morgan fingerprint density at radius 2 is 1.90 bits per heavy atom. The first-order chi connectivity index (χ1) is 9.40. The van der Waals surface area contributed by atoms with Crippen LogP contribution in [0.1, 0.15) is 31.2 Å². The minimum atomic E-state index is -4.36. The van der Waals surface area contributed by atoms with Gasteiger partial charge in [-0.05, 0) is 38.1 Å². The normalized spacial score (nSPS) is 19.4. The molecule has 1 N–H and O–H groups in total. The van der Waals surface area contributed by atoms with E-state index in [1.54, 1.807) is 0 Å². The van der Waals surface area contributed by atoms with Gasteiger partial charge in [-0.25, -0.2) is 0 Å². The number of piperidine rings is 1. The van der Waals surface area contributed by atoms with Gasteiger partial charge in [0.05, 0.1) is 5.56 Å². The molecule has 0 bridgehead atoms. The first kappa shape index (κ1) is 13.4. The third-order valence-corrected chi connectivity index (χ3v) is 3.98. The van der Waals surface area contributed by atoms with Gasteiger partial charge in [-0.1, -0.05) is 6.92 Å². The maximum Gasteiger partial charge on any atom is 0.417 e. The number of halogens is 3. The van der Waals surface area contributed by atoms with Gasteiger partial charge < -0.3 is 5.32 Å². The molecule has 20 heavy (non-hydrogen) atoms. The van der Waals surface area contributed by atoms with Crippen LogP contribution in [0.2, 0.25) is 0 Å². The monoisotopic (exact) mass is 284 g/mol. The highest BCUT2D eigenvalue weighted by Crippen LogP contribution is 2.34. The van der Waals surface area contributed by atoms with Gasteiger partial charge in [-0.3, -0.25) is 4.40 Å². The predicted molar refractivity (Wildman–Crippen MR) is 67.4 cm³/mol. The summed E-state index contributed by atoms with van der Waals surface area (Å²) in [5.41, 5.74) is -0.467. The summed E-state index contributed by atoms with van der Waals surface area (Å²) in [5, 5.41) is 11.4. The molecule has 108 valence electrons. The van der Waals surface area contributed by atoms with Crippen LogP contribution < -0.4 is 5.32 Å². The van der Waals surface area contributed by atoms with E-state index < -0.39 is 11.7 Å². The molecule has 0 spiro atoms. The highest BCUT2D eigenvalue weighted by molar-refractivity contribution is 5.41. The Balaban J connectivity index is 2.11. The van der Waals surface area contributed by atoms with Gasteiger partial charge >= 0.3 is 6.18 Å². The van der Waals surface area contributed by atoms with Crippen molar-refractivity contribution in [3.8, 4) is 0 Å². The summed E-state index contributed by atoms with van der Waals surface area (Å²) >= 11 is 0. The number of rotatable bonds is 1. The van der Waals surface area contributed by atoms with Gasteiger partial charge in [0.2, 0.25) is 0 Å². The zero-order chi connectivity index (χ0) is 14.4. The number of nitrogens with zero attached hydrogens (tertiary/aromatic N) is 3. The fraction of sp³-hybridized carbons (Fsp3) is 0.538. The lowest BCUT2D eigenvalue weighted by Gasteiger charge is -2.32. The fourth-order valence-electron chi connectivity index (χ4n) is 2.67. The average molecular weight is 284 g/mol. The van der Waals surface area contributed by atoms with Crippen molar-refractivity contribution < 1.29 is 13.2 Å². The summed E-state index contributed by atoms with van der Waals surface area (Å²) in [6, 6.07) is 2.41. The minimum Gasteiger partial charge on any atom is -0.317 e. The van der Waals surface area contributed by atoms with Gasteiger partial charge in [0.1, 0.15) is 5.82 Å². The molecule has 0 saturated carbocycles. The van der Waals surface area contributed by atoms with Crippen molar-refractivity contribution in [3.05, 3.63) is 29.7 Å². The topological polar surface area (TPSA) is 42.2 Å². The zero-order valence-corrected chi connectivity index (χ0v) is 11.0. The van der Waals surface area contributed by atoms with E-state index in [2.05, 4.69) is 15.5 Å². The summed E-state index contributed by atoms with van der Waals surface area (Å²) < 4.78 is 40.0. The highest BCUT2D eigenvalue weighted by Gasteiger charge is 2.35. The van der Waals surface area contributed by atoms with E-state index in [9.17, 15) is 13.2 Å². The Kier molecular flexibility index (Phi) is 2.97. The number of hydrogen-bond donors (Lipinski definition) is 1. The van der Waals surface area contributed by atoms with E-state index in [-0.39, 0.29) is 5.41 Å². The van der Waals surface area contributed by atoms with Crippen LogP contribution >= 0.6 is 0 Å². The summed E-state index contributed by atoms with van der Waals surface area (Å²) in [7, 11) is 0. The lowest BCUT2D eigenvalue weighted by atomic mass is 9.80. The van der Waals surface area contributed by atoms with E-state index in [1.165, 1.54) is 10.5 Å². The van der Waals surface area contributed by atoms with Crippen LogP contribution in [0.5, 0.6) is 0 Å². The molecule has 0 atom stereocenters. The second-order valence-electron chi connectivity index (χ2n) is 5.48. The maximum atomic E-state index is 12.8. The molecule has 0 aliphatic carbocycles. The maximum absolute atomic E-state index is 12.8.